The number of rotatable bonds is 5. The van der Waals surface area contributed by atoms with E-state index in [1.54, 1.807) is 0 Å². The number of hydrogen-bond donors (Lipinski definition) is 4. The highest BCUT2D eigenvalue weighted by molar-refractivity contribution is 5.83. The summed E-state index contributed by atoms with van der Waals surface area (Å²) in [7, 11) is 2.14. The van der Waals surface area contributed by atoms with E-state index >= 15 is 0 Å². The van der Waals surface area contributed by atoms with E-state index in [0.29, 0.717) is 12.8 Å². The zero-order valence-corrected chi connectivity index (χ0v) is 18.8. The van der Waals surface area contributed by atoms with Gasteiger partial charge in [0.1, 0.15) is 6.17 Å². The molecule has 2 aromatic rings. The molecule has 1 aliphatic carbocycles. The van der Waals surface area contributed by atoms with Crippen molar-refractivity contribution in [2.24, 2.45) is 5.92 Å². The van der Waals surface area contributed by atoms with Gasteiger partial charge in [0, 0.05) is 56.7 Å². The van der Waals surface area contributed by atoms with E-state index in [0.717, 1.165) is 62.2 Å². The summed E-state index contributed by atoms with van der Waals surface area (Å²) in [5, 5.41) is 11.1. The fourth-order valence-electron chi connectivity index (χ4n) is 5.35. The molecule has 3 heterocycles. The molecule has 2 aliphatic heterocycles. The average Bonchev–Trinajstić information content (AvgIpc) is 3.23. The van der Waals surface area contributed by atoms with Gasteiger partial charge in [0.05, 0.1) is 11.6 Å². The number of H-pyrrole nitrogens is 1. The molecule has 1 saturated carbocycles. The molecule has 0 bridgehead atoms. The van der Waals surface area contributed by atoms with Crippen LogP contribution in [0.4, 0.5) is 0 Å². The number of aromatic nitrogens is 1. The zero-order chi connectivity index (χ0) is 22.1. The molecule has 3 fully saturated rings. The first kappa shape index (κ1) is 21.4. The van der Waals surface area contributed by atoms with Crippen LogP contribution in [-0.4, -0.2) is 78.5 Å². The van der Waals surface area contributed by atoms with Crippen molar-refractivity contribution in [1.29, 1.82) is 0 Å². The van der Waals surface area contributed by atoms with Gasteiger partial charge in [0.15, 0.2) is 0 Å². The van der Waals surface area contributed by atoms with Crippen LogP contribution in [0.3, 0.4) is 0 Å². The second-order valence-electron chi connectivity index (χ2n) is 9.61. The normalized spacial score (nSPS) is 29.5. The van der Waals surface area contributed by atoms with Crippen LogP contribution in [-0.2, 0) is 9.59 Å². The number of hydrogen-bond acceptors (Lipinski definition) is 5. The van der Waals surface area contributed by atoms with Crippen LogP contribution in [0, 0.1) is 5.92 Å². The number of fused-ring (bicyclic) bond motifs is 2. The fraction of sp³-hybridized carbons (Fsp3) is 0.583. The number of nitrogens with one attached hydrogen (secondary N) is 4. The first-order chi connectivity index (χ1) is 15.5. The summed E-state index contributed by atoms with van der Waals surface area (Å²) in [6.07, 6.45) is 2.81. The molecule has 1 aromatic carbocycles. The molecule has 2 saturated heterocycles. The topological polar surface area (TPSA) is 92.5 Å². The van der Waals surface area contributed by atoms with E-state index in [1.807, 2.05) is 18.2 Å². The van der Waals surface area contributed by atoms with Crippen LogP contribution in [0.25, 0.3) is 10.9 Å². The Labute approximate surface area is 189 Å². The van der Waals surface area contributed by atoms with E-state index in [2.05, 4.69) is 49.9 Å². The third-order valence-corrected chi connectivity index (χ3v) is 7.33. The maximum Gasteiger partial charge on any atom is 0.226 e. The van der Waals surface area contributed by atoms with Crippen LogP contribution in [0.1, 0.15) is 37.5 Å². The third kappa shape index (κ3) is 4.67. The number of amides is 2. The number of piperazine rings is 1. The number of carbonyl (C=O) groups excluding carboxylic acids is 2. The molecule has 4 unspecified atom stereocenters. The molecule has 0 spiro atoms. The molecule has 172 valence electrons. The van der Waals surface area contributed by atoms with Crippen molar-refractivity contribution in [2.45, 2.75) is 43.9 Å². The summed E-state index contributed by atoms with van der Waals surface area (Å²) in [5.74, 6) is 0.0774. The van der Waals surface area contributed by atoms with Gasteiger partial charge in [-0.25, -0.2) is 0 Å². The highest BCUT2D eigenvalue weighted by Crippen LogP contribution is 2.31. The summed E-state index contributed by atoms with van der Waals surface area (Å²) < 4.78 is 0. The minimum absolute atomic E-state index is 0.0772. The summed E-state index contributed by atoms with van der Waals surface area (Å²) in [4.78, 5) is 33.5. The lowest BCUT2D eigenvalue weighted by molar-refractivity contribution is -0.132. The van der Waals surface area contributed by atoms with Crippen molar-refractivity contribution in [3.05, 3.63) is 36.0 Å². The largest absolute Gasteiger partial charge is 0.356 e. The van der Waals surface area contributed by atoms with Crippen LogP contribution in [0.5, 0.6) is 0 Å². The third-order valence-electron chi connectivity index (χ3n) is 7.33. The summed E-state index contributed by atoms with van der Waals surface area (Å²) in [6.45, 7) is 5.00. The molecular formula is C24H34N6O2. The monoisotopic (exact) mass is 438 g/mol. The molecule has 8 nitrogen and oxygen atoms in total. The van der Waals surface area contributed by atoms with E-state index in [1.165, 1.54) is 0 Å². The summed E-state index contributed by atoms with van der Waals surface area (Å²) in [6, 6.07) is 10.5. The first-order valence-corrected chi connectivity index (χ1v) is 11.9. The van der Waals surface area contributed by atoms with Crippen molar-refractivity contribution in [3.8, 4) is 0 Å². The zero-order valence-electron chi connectivity index (χ0n) is 18.8. The highest BCUT2D eigenvalue weighted by Gasteiger charge is 2.41. The predicted octanol–water partition coefficient (Wildman–Crippen LogP) is 1.18. The summed E-state index contributed by atoms with van der Waals surface area (Å²) in [5.41, 5.74) is 2.06. The Morgan fingerprint density at radius 2 is 1.97 bits per heavy atom. The van der Waals surface area contributed by atoms with Crippen molar-refractivity contribution in [2.75, 3.05) is 39.8 Å². The van der Waals surface area contributed by atoms with Crippen LogP contribution < -0.4 is 16.0 Å². The molecule has 4 N–H and O–H groups in total. The number of para-hydroxylation sites is 1. The smallest absolute Gasteiger partial charge is 0.226 e. The Balaban J connectivity index is 1.12. The molecule has 3 aliphatic rings. The van der Waals surface area contributed by atoms with E-state index in [4.69, 9.17) is 0 Å². The lowest BCUT2D eigenvalue weighted by atomic mass is 9.79. The fourth-order valence-corrected chi connectivity index (χ4v) is 5.35. The molecule has 8 heteroatoms. The Morgan fingerprint density at radius 3 is 2.78 bits per heavy atom. The lowest BCUT2D eigenvalue weighted by Crippen LogP contribution is -2.60. The van der Waals surface area contributed by atoms with E-state index < -0.39 is 0 Å². The van der Waals surface area contributed by atoms with Gasteiger partial charge in [-0.2, -0.15) is 0 Å². The standard InChI is InChI=1S/C24H34N6O2/c1-29-10-12-30(13-11-29)9-8-22(31)25-17-6-7-20-18(15-17)24(32)28-23(27-20)21-14-16-4-2-3-5-19(16)26-21/h2-5,14,17-18,20,23,26-27H,6-13,15H2,1H3,(H,25,31)(H,28,32). The van der Waals surface area contributed by atoms with E-state index in [-0.39, 0.29) is 36.0 Å². The predicted molar refractivity (Wildman–Crippen MR) is 124 cm³/mol. The Bertz CT molecular complexity index is 933. The van der Waals surface area contributed by atoms with Gasteiger partial charge in [-0.05, 0) is 43.8 Å². The Kier molecular flexibility index (Phi) is 6.17. The average molecular weight is 439 g/mol. The van der Waals surface area contributed by atoms with Gasteiger partial charge < -0.3 is 25.4 Å². The maximum absolute atomic E-state index is 12.9. The first-order valence-electron chi connectivity index (χ1n) is 11.9. The lowest BCUT2D eigenvalue weighted by Gasteiger charge is -2.42. The molecule has 1 aromatic heterocycles. The quantitative estimate of drug-likeness (QED) is 0.563. The van der Waals surface area contributed by atoms with Gasteiger partial charge in [0.25, 0.3) is 0 Å². The second kappa shape index (κ2) is 9.21. The van der Waals surface area contributed by atoms with Crippen LogP contribution in [0.2, 0.25) is 0 Å². The molecule has 32 heavy (non-hydrogen) atoms. The Hall–Kier alpha value is -2.42. The maximum atomic E-state index is 12.9. The minimum atomic E-state index is -0.203. The Morgan fingerprint density at radius 1 is 1.16 bits per heavy atom. The molecule has 2 amide bonds. The van der Waals surface area contributed by atoms with Gasteiger partial charge in [0.2, 0.25) is 11.8 Å². The van der Waals surface area contributed by atoms with E-state index in [9.17, 15) is 9.59 Å². The van der Waals surface area contributed by atoms with Gasteiger partial charge in [-0.3, -0.25) is 14.9 Å². The van der Waals surface area contributed by atoms with Gasteiger partial charge in [-0.1, -0.05) is 18.2 Å². The SMILES string of the molecule is CN1CCN(CCC(=O)NC2CCC3NC(c4cc5ccccc5[nH]4)NC(=O)C3C2)CC1. The van der Waals surface area contributed by atoms with Crippen molar-refractivity contribution in [3.63, 3.8) is 0 Å². The number of carbonyl (C=O) groups is 2. The van der Waals surface area contributed by atoms with Crippen molar-refractivity contribution < 1.29 is 9.59 Å². The second-order valence-corrected chi connectivity index (χ2v) is 9.61. The van der Waals surface area contributed by atoms with Crippen LogP contribution >= 0.6 is 0 Å². The minimum Gasteiger partial charge on any atom is -0.356 e. The van der Waals surface area contributed by atoms with Crippen molar-refractivity contribution >= 4 is 22.7 Å². The number of likely N-dealkylation sites (N-methyl/N-ethyl adjacent to an activating group) is 1. The molecule has 0 radical (unpaired) electrons. The van der Waals surface area contributed by atoms with Crippen LogP contribution in [0.15, 0.2) is 30.3 Å². The summed E-state index contributed by atoms with van der Waals surface area (Å²) >= 11 is 0. The number of aromatic amines is 1. The number of nitrogens with zero attached hydrogens (tertiary/aromatic N) is 2. The highest BCUT2D eigenvalue weighted by atomic mass is 16.2. The van der Waals surface area contributed by atoms with Gasteiger partial charge in [-0.15, -0.1) is 0 Å². The number of benzene rings is 1. The molecule has 4 atom stereocenters. The molecular weight excluding hydrogens is 404 g/mol. The molecule has 5 rings (SSSR count). The van der Waals surface area contributed by atoms with Gasteiger partial charge >= 0.3 is 0 Å². The van der Waals surface area contributed by atoms with Crippen molar-refractivity contribution in [1.82, 2.24) is 30.7 Å².